The van der Waals surface area contributed by atoms with E-state index >= 15 is 0 Å². The predicted molar refractivity (Wildman–Crippen MR) is 104 cm³/mol. The molecular formula is C21H24ClFN2. The number of nitrogens with zero attached hydrogens (tertiary/aromatic N) is 2. The maximum Gasteiger partial charge on any atom is 0.141 e. The van der Waals surface area contributed by atoms with Gasteiger partial charge in [0, 0.05) is 13.1 Å². The van der Waals surface area contributed by atoms with Crippen LogP contribution in [0.4, 0.5) is 10.1 Å². The van der Waals surface area contributed by atoms with Crippen LogP contribution in [0, 0.1) is 19.7 Å². The summed E-state index contributed by atoms with van der Waals surface area (Å²) < 4.78 is 13.3. The van der Waals surface area contributed by atoms with Gasteiger partial charge in [-0.25, -0.2) is 9.38 Å². The van der Waals surface area contributed by atoms with Crippen molar-refractivity contribution in [3.8, 4) is 0 Å². The second-order valence-corrected chi connectivity index (χ2v) is 7.24. The minimum Gasteiger partial charge on any atom is -0.363 e. The standard InChI is InChI=1S/C21H24ClFN2/c1-15-11-21(24-14-25-8-4-3-5-9-25)16(2)10-18(15)12-17-6-7-20(23)19(22)13-17/h6-7,10-11,13-14H,3-5,8-9,12H2,1-2H3/b24-14-. The second kappa shape index (κ2) is 8.01. The van der Waals surface area contributed by atoms with Crippen LogP contribution in [0.1, 0.15) is 41.5 Å². The summed E-state index contributed by atoms with van der Waals surface area (Å²) in [7, 11) is 0. The molecule has 132 valence electrons. The Morgan fingerprint density at radius 1 is 1.08 bits per heavy atom. The van der Waals surface area contributed by atoms with Crippen molar-refractivity contribution in [2.45, 2.75) is 39.5 Å². The first-order valence-electron chi connectivity index (χ1n) is 8.85. The van der Waals surface area contributed by atoms with Gasteiger partial charge in [-0.15, -0.1) is 0 Å². The molecule has 1 heterocycles. The van der Waals surface area contributed by atoms with Gasteiger partial charge in [-0.3, -0.25) is 0 Å². The van der Waals surface area contributed by atoms with Crippen LogP contribution >= 0.6 is 11.6 Å². The third kappa shape index (κ3) is 4.60. The molecule has 25 heavy (non-hydrogen) atoms. The van der Waals surface area contributed by atoms with Gasteiger partial charge in [0.15, 0.2) is 0 Å². The van der Waals surface area contributed by atoms with Crippen LogP contribution in [-0.4, -0.2) is 24.3 Å². The number of hydrogen-bond donors (Lipinski definition) is 0. The highest BCUT2D eigenvalue weighted by molar-refractivity contribution is 6.30. The van der Waals surface area contributed by atoms with Crippen LogP contribution in [0.5, 0.6) is 0 Å². The van der Waals surface area contributed by atoms with Crippen molar-refractivity contribution in [2.75, 3.05) is 13.1 Å². The first-order valence-corrected chi connectivity index (χ1v) is 9.23. The van der Waals surface area contributed by atoms with Crippen LogP contribution in [0.25, 0.3) is 0 Å². The molecule has 2 nitrogen and oxygen atoms in total. The summed E-state index contributed by atoms with van der Waals surface area (Å²) in [6.45, 7) is 6.39. The van der Waals surface area contributed by atoms with Gasteiger partial charge in [0.1, 0.15) is 5.82 Å². The van der Waals surface area contributed by atoms with Gasteiger partial charge in [0.2, 0.25) is 0 Å². The third-order valence-electron chi connectivity index (χ3n) is 4.78. The van der Waals surface area contributed by atoms with Gasteiger partial charge in [-0.2, -0.15) is 0 Å². The molecular weight excluding hydrogens is 335 g/mol. The second-order valence-electron chi connectivity index (χ2n) is 6.83. The van der Waals surface area contributed by atoms with E-state index in [1.807, 2.05) is 6.34 Å². The number of rotatable bonds is 4. The van der Waals surface area contributed by atoms with Crippen LogP contribution in [-0.2, 0) is 6.42 Å². The van der Waals surface area contributed by atoms with Gasteiger partial charge in [0.25, 0.3) is 0 Å². The van der Waals surface area contributed by atoms with E-state index in [1.54, 1.807) is 12.1 Å². The summed E-state index contributed by atoms with van der Waals surface area (Å²) in [5.41, 5.74) is 5.60. The van der Waals surface area contributed by atoms with Crippen LogP contribution in [0.3, 0.4) is 0 Å². The van der Waals surface area contributed by atoms with Gasteiger partial charge in [-0.1, -0.05) is 23.7 Å². The smallest absolute Gasteiger partial charge is 0.141 e. The van der Waals surface area contributed by atoms with Gasteiger partial charge < -0.3 is 4.90 Å². The molecule has 0 spiro atoms. The molecule has 0 atom stereocenters. The lowest BCUT2D eigenvalue weighted by Gasteiger charge is -2.24. The van der Waals surface area contributed by atoms with E-state index in [0.717, 1.165) is 36.3 Å². The molecule has 0 unspecified atom stereocenters. The first kappa shape index (κ1) is 17.9. The molecule has 1 saturated heterocycles. The Bertz CT molecular complexity index is 780. The number of aryl methyl sites for hydroxylation is 2. The summed E-state index contributed by atoms with van der Waals surface area (Å²) in [5.74, 6) is -0.374. The average Bonchev–Trinajstić information content (AvgIpc) is 2.61. The normalized spacial score (nSPS) is 15.1. The molecule has 1 aliphatic heterocycles. The molecule has 0 aromatic heterocycles. The Morgan fingerprint density at radius 3 is 2.56 bits per heavy atom. The van der Waals surface area contributed by atoms with E-state index in [0.29, 0.717) is 0 Å². The lowest BCUT2D eigenvalue weighted by Crippen LogP contribution is -2.28. The number of benzene rings is 2. The molecule has 2 aromatic rings. The Balaban J connectivity index is 1.77. The maximum atomic E-state index is 13.3. The van der Waals surface area contributed by atoms with Crippen molar-refractivity contribution in [3.63, 3.8) is 0 Å². The van der Waals surface area contributed by atoms with Crippen molar-refractivity contribution >= 4 is 23.6 Å². The number of likely N-dealkylation sites (tertiary alicyclic amines) is 1. The van der Waals surface area contributed by atoms with Crippen molar-refractivity contribution in [1.29, 1.82) is 0 Å². The average molecular weight is 359 g/mol. The van der Waals surface area contributed by atoms with E-state index in [2.05, 4.69) is 30.9 Å². The summed E-state index contributed by atoms with van der Waals surface area (Å²) in [5, 5.41) is 0.176. The number of aliphatic imine (C=N–C) groups is 1. The summed E-state index contributed by atoms with van der Waals surface area (Å²) in [6.07, 6.45) is 6.56. The van der Waals surface area contributed by atoms with Crippen molar-refractivity contribution in [3.05, 3.63) is 63.4 Å². The van der Waals surface area contributed by atoms with Crippen molar-refractivity contribution in [2.24, 2.45) is 4.99 Å². The molecule has 3 rings (SSSR count). The largest absolute Gasteiger partial charge is 0.363 e. The lowest BCUT2D eigenvalue weighted by atomic mass is 9.97. The summed E-state index contributed by atoms with van der Waals surface area (Å²) in [6, 6.07) is 9.23. The Labute approximate surface area is 154 Å². The van der Waals surface area contributed by atoms with E-state index in [-0.39, 0.29) is 10.8 Å². The number of hydrogen-bond acceptors (Lipinski definition) is 1. The molecule has 0 saturated carbocycles. The summed E-state index contributed by atoms with van der Waals surface area (Å²) in [4.78, 5) is 6.99. The Hall–Kier alpha value is -1.87. The maximum absolute atomic E-state index is 13.3. The molecule has 1 aliphatic rings. The molecule has 0 aliphatic carbocycles. The molecule has 4 heteroatoms. The highest BCUT2D eigenvalue weighted by atomic mass is 35.5. The molecule has 0 radical (unpaired) electrons. The predicted octanol–water partition coefficient (Wildman–Crippen LogP) is 5.83. The molecule has 0 bridgehead atoms. The Kier molecular flexibility index (Phi) is 5.74. The topological polar surface area (TPSA) is 15.6 Å². The zero-order valence-corrected chi connectivity index (χ0v) is 15.6. The molecule has 2 aromatic carbocycles. The molecule has 1 fully saturated rings. The quantitative estimate of drug-likeness (QED) is 0.495. The van der Waals surface area contributed by atoms with Gasteiger partial charge in [-0.05, 0) is 80.0 Å². The van der Waals surface area contributed by atoms with E-state index in [4.69, 9.17) is 16.6 Å². The SMILES string of the molecule is Cc1cc(/N=C\N2CCCCC2)c(C)cc1Cc1ccc(F)c(Cl)c1. The minimum absolute atomic E-state index is 0.176. The van der Waals surface area contributed by atoms with Gasteiger partial charge in [0.05, 0.1) is 17.0 Å². The van der Waals surface area contributed by atoms with Crippen LogP contribution in [0.2, 0.25) is 5.02 Å². The lowest BCUT2D eigenvalue weighted by molar-refractivity contribution is 0.351. The Morgan fingerprint density at radius 2 is 1.84 bits per heavy atom. The summed E-state index contributed by atoms with van der Waals surface area (Å²) >= 11 is 5.89. The minimum atomic E-state index is -0.374. The third-order valence-corrected chi connectivity index (χ3v) is 5.07. The number of halogens is 2. The zero-order valence-electron chi connectivity index (χ0n) is 14.9. The van der Waals surface area contributed by atoms with Crippen molar-refractivity contribution < 1.29 is 4.39 Å². The zero-order chi connectivity index (χ0) is 17.8. The van der Waals surface area contributed by atoms with Gasteiger partial charge >= 0.3 is 0 Å². The van der Waals surface area contributed by atoms with E-state index < -0.39 is 0 Å². The highest BCUT2D eigenvalue weighted by Crippen LogP contribution is 2.26. The van der Waals surface area contributed by atoms with Crippen LogP contribution in [0.15, 0.2) is 35.3 Å². The molecule has 0 N–H and O–H groups in total. The van der Waals surface area contributed by atoms with E-state index in [9.17, 15) is 4.39 Å². The van der Waals surface area contributed by atoms with E-state index in [1.165, 1.54) is 36.5 Å². The van der Waals surface area contributed by atoms with Crippen molar-refractivity contribution in [1.82, 2.24) is 4.90 Å². The fraction of sp³-hybridized carbons (Fsp3) is 0.381. The van der Waals surface area contributed by atoms with Crippen LogP contribution < -0.4 is 0 Å². The fourth-order valence-electron chi connectivity index (χ4n) is 3.24. The fourth-order valence-corrected chi connectivity index (χ4v) is 3.44. The number of piperidine rings is 1. The monoisotopic (exact) mass is 358 g/mol. The highest BCUT2D eigenvalue weighted by Gasteiger charge is 2.09. The molecule has 0 amide bonds. The first-order chi connectivity index (χ1) is 12.0.